The average molecular weight is 392 g/mol. The number of amides is 2. The number of urea groups is 1. The van der Waals surface area contributed by atoms with E-state index in [0.29, 0.717) is 19.6 Å². The zero-order valence-corrected chi connectivity index (χ0v) is 16.6. The summed E-state index contributed by atoms with van der Waals surface area (Å²) in [5, 5.41) is 4.09. The van der Waals surface area contributed by atoms with E-state index >= 15 is 0 Å². The van der Waals surface area contributed by atoms with E-state index in [9.17, 15) is 4.79 Å². The van der Waals surface area contributed by atoms with Crippen LogP contribution in [0.4, 0.5) is 4.79 Å². The molecule has 0 atom stereocenters. The first-order chi connectivity index (χ1) is 14.2. The van der Waals surface area contributed by atoms with Crippen LogP contribution in [0.25, 0.3) is 16.6 Å². The summed E-state index contributed by atoms with van der Waals surface area (Å²) in [5.41, 5.74) is 4.16. The Morgan fingerprint density at radius 1 is 1.28 bits per heavy atom. The summed E-state index contributed by atoms with van der Waals surface area (Å²) in [6.45, 7) is 1.61. The maximum atomic E-state index is 12.6. The number of nitrogens with one attached hydrogen (secondary N) is 2. The van der Waals surface area contributed by atoms with Crippen LogP contribution in [0.5, 0.6) is 11.5 Å². The summed E-state index contributed by atoms with van der Waals surface area (Å²) in [7, 11) is 3.23. The summed E-state index contributed by atoms with van der Waals surface area (Å²) in [6, 6.07) is 9.46. The quantitative estimate of drug-likeness (QED) is 0.696. The van der Waals surface area contributed by atoms with Crippen molar-refractivity contribution < 1.29 is 14.3 Å². The second-order valence-electron chi connectivity index (χ2n) is 6.86. The SMILES string of the molecule is COc1ccc(OC)c(CNC(=O)N2CC=C(c3c[nH]c4ncccc34)CC2)c1. The lowest BCUT2D eigenvalue weighted by atomic mass is 10.00. The van der Waals surface area contributed by atoms with Gasteiger partial charge in [-0.3, -0.25) is 0 Å². The number of rotatable bonds is 5. The number of carbonyl (C=O) groups excluding carboxylic acids is 1. The van der Waals surface area contributed by atoms with E-state index in [1.807, 2.05) is 35.4 Å². The van der Waals surface area contributed by atoms with Gasteiger partial charge in [-0.15, -0.1) is 0 Å². The summed E-state index contributed by atoms with van der Waals surface area (Å²) in [5.74, 6) is 1.45. The fourth-order valence-electron chi connectivity index (χ4n) is 3.62. The van der Waals surface area contributed by atoms with Crippen LogP contribution in [-0.4, -0.2) is 48.2 Å². The first-order valence-corrected chi connectivity index (χ1v) is 9.55. The number of methoxy groups -OCH3 is 2. The molecule has 0 saturated heterocycles. The zero-order valence-electron chi connectivity index (χ0n) is 16.6. The Bertz CT molecular complexity index is 1060. The van der Waals surface area contributed by atoms with Gasteiger partial charge in [-0.25, -0.2) is 9.78 Å². The average Bonchev–Trinajstić information content (AvgIpc) is 3.21. The minimum atomic E-state index is -0.0919. The number of hydrogen-bond donors (Lipinski definition) is 2. The number of pyridine rings is 1. The molecular formula is C22H24N4O3. The lowest BCUT2D eigenvalue weighted by Crippen LogP contribution is -2.41. The molecule has 3 heterocycles. The highest BCUT2D eigenvalue weighted by molar-refractivity contribution is 5.91. The van der Waals surface area contributed by atoms with Crippen LogP contribution in [0.15, 0.2) is 48.8 Å². The van der Waals surface area contributed by atoms with E-state index in [2.05, 4.69) is 27.4 Å². The molecule has 150 valence electrons. The molecule has 2 N–H and O–H groups in total. The lowest BCUT2D eigenvalue weighted by molar-refractivity contribution is 0.202. The molecule has 0 saturated carbocycles. The number of benzene rings is 1. The number of nitrogens with zero attached hydrogens (tertiary/aromatic N) is 2. The molecule has 0 unspecified atom stereocenters. The maximum absolute atomic E-state index is 12.6. The van der Waals surface area contributed by atoms with Crippen LogP contribution in [0, 0.1) is 0 Å². The van der Waals surface area contributed by atoms with Crippen molar-refractivity contribution in [3.05, 3.63) is 59.9 Å². The molecule has 7 heteroatoms. The Balaban J connectivity index is 1.40. The molecular weight excluding hydrogens is 368 g/mol. The monoisotopic (exact) mass is 392 g/mol. The standard InChI is InChI=1S/C22H24N4O3/c1-28-17-5-6-20(29-2)16(12-17)13-25-22(27)26-10-7-15(8-11-26)19-14-24-21-18(19)4-3-9-23-21/h3-7,9,12,14H,8,10-11,13H2,1-2H3,(H,23,24)(H,25,27). The molecule has 0 spiro atoms. The summed E-state index contributed by atoms with van der Waals surface area (Å²) >= 11 is 0. The van der Waals surface area contributed by atoms with Crippen molar-refractivity contribution in [1.29, 1.82) is 0 Å². The van der Waals surface area contributed by atoms with E-state index in [-0.39, 0.29) is 6.03 Å². The summed E-state index contributed by atoms with van der Waals surface area (Å²) in [6.07, 6.45) is 6.69. The fraction of sp³-hybridized carbons (Fsp3) is 0.273. The van der Waals surface area contributed by atoms with E-state index in [0.717, 1.165) is 40.1 Å². The predicted molar refractivity (Wildman–Crippen MR) is 112 cm³/mol. The molecule has 0 radical (unpaired) electrons. The molecule has 7 nitrogen and oxygen atoms in total. The molecule has 0 aliphatic carbocycles. The molecule has 3 aromatic rings. The Morgan fingerprint density at radius 2 is 2.17 bits per heavy atom. The highest BCUT2D eigenvalue weighted by atomic mass is 16.5. The highest BCUT2D eigenvalue weighted by Gasteiger charge is 2.19. The third-order valence-electron chi connectivity index (χ3n) is 5.21. The van der Waals surface area contributed by atoms with Gasteiger partial charge < -0.3 is 24.7 Å². The van der Waals surface area contributed by atoms with E-state index in [1.54, 1.807) is 20.4 Å². The largest absolute Gasteiger partial charge is 0.497 e. The number of aromatic amines is 1. The van der Waals surface area contributed by atoms with Crippen LogP contribution in [0.2, 0.25) is 0 Å². The normalized spacial score (nSPS) is 13.9. The van der Waals surface area contributed by atoms with Crippen molar-refractivity contribution in [1.82, 2.24) is 20.2 Å². The second-order valence-corrected chi connectivity index (χ2v) is 6.86. The van der Waals surface area contributed by atoms with Crippen LogP contribution >= 0.6 is 0 Å². The van der Waals surface area contributed by atoms with Crippen molar-refractivity contribution in [2.24, 2.45) is 0 Å². The Morgan fingerprint density at radius 3 is 2.93 bits per heavy atom. The third kappa shape index (κ3) is 3.89. The molecule has 0 bridgehead atoms. The van der Waals surface area contributed by atoms with E-state index in [4.69, 9.17) is 9.47 Å². The number of carbonyl (C=O) groups is 1. The minimum Gasteiger partial charge on any atom is -0.497 e. The van der Waals surface area contributed by atoms with E-state index in [1.165, 1.54) is 5.57 Å². The highest BCUT2D eigenvalue weighted by Crippen LogP contribution is 2.28. The van der Waals surface area contributed by atoms with Gasteiger partial charge in [0.15, 0.2) is 0 Å². The fourth-order valence-corrected chi connectivity index (χ4v) is 3.62. The molecule has 0 fully saturated rings. The van der Waals surface area contributed by atoms with Gasteiger partial charge in [0.25, 0.3) is 0 Å². The number of hydrogen-bond acceptors (Lipinski definition) is 4. The molecule has 2 amide bonds. The Hall–Kier alpha value is -3.48. The van der Waals surface area contributed by atoms with Crippen molar-refractivity contribution in [3.63, 3.8) is 0 Å². The van der Waals surface area contributed by atoms with Gasteiger partial charge in [0.05, 0.1) is 14.2 Å². The van der Waals surface area contributed by atoms with Crippen molar-refractivity contribution >= 4 is 22.6 Å². The van der Waals surface area contributed by atoms with Crippen LogP contribution in [0.3, 0.4) is 0 Å². The van der Waals surface area contributed by atoms with Crippen LogP contribution in [-0.2, 0) is 6.54 Å². The maximum Gasteiger partial charge on any atom is 0.317 e. The van der Waals surface area contributed by atoms with Crippen LogP contribution in [0.1, 0.15) is 17.5 Å². The van der Waals surface area contributed by atoms with E-state index < -0.39 is 0 Å². The lowest BCUT2D eigenvalue weighted by Gasteiger charge is -2.27. The topological polar surface area (TPSA) is 79.5 Å². The zero-order chi connectivity index (χ0) is 20.2. The first-order valence-electron chi connectivity index (χ1n) is 9.55. The molecule has 1 aliphatic heterocycles. The number of H-pyrrole nitrogens is 1. The smallest absolute Gasteiger partial charge is 0.317 e. The van der Waals surface area contributed by atoms with Gasteiger partial charge in [0.2, 0.25) is 0 Å². The Kier molecular flexibility index (Phi) is 5.37. The summed E-state index contributed by atoms with van der Waals surface area (Å²) < 4.78 is 10.6. The second kappa shape index (κ2) is 8.26. The van der Waals surface area contributed by atoms with Gasteiger partial charge in [0.1, 0.15) is 17.1 Å². The van der Waals surface area contributed by atoms with Crippen LogP contribution < -0.4 is 14.8 Å². The Labute approximate surface area is 169 Å². The van der Waals surface area contributed by atoms with Crippen molar-refractivity contribution in [2.45, 2.75) is 13.0 Å². The van der Waals surface area contributed by atoms with Crippen molar-refractivity contribution in [3.8, 4) is 11.5 Å². The number of fused-ring (bicyclic) bond motifs is 1. The molecule has 29 heavy (non-hydrogen) atoms. The van der Waals surface area contributed by atoms with Gasteiger partial charge in [-0.05, 0) is 42.3 Å². The summed E-state index contributed by atoms with van der Waals surface area (Å²) in [4.78, 5) is 22.0. The third-order valence-corrected chi connectivity index (χ3v) is 5.21. The minimum absolute atomic E-state index is 0.0919. The van der Waals surface area contributed by atoms with Gasteiger partial charge in [0, 0.05) is 48.5 Å². The predicted octanol–water partition coefficient (Wildman–Crippen LogP) is 3.58. The first kappa shape index (κ1) is 18.9. The molecule has 1 aromatic carbocycles. The van der Waals surface area contributed by atoms with Crippen molar-refractivity contribution in [2.75, 3.05) is 27.3 Å². The number of ether oxygens (including phenoxy) is 2. The van der Waals surface area contributed by atoms with Gasteiger partial charge >= 0.3 is 6.03 Å². The van der Waals surface area contributed by atoms with Gasteiger partial charge in [-0.2, -0.15) is 0 Å². The number of aromatic nitrogens is 2. The molecule has 4 rings (SSSR count). The molecule has 1 aliphatic rings. The molecule has 2 aromatic heterocycles. The van der Waals surface area contributed by atoms with Gasteiger partial charge in [-0.1, -0.05) is 6.08 Å².